The number of aromatic nitrogens is 2. The molecule has 1 atom stereocenters. The van der Waals surface area contributed by atoms with Gasteiger partial charge in [-0.25, -0.2) is 0 Å². The zero-order chi connectivity index (χ0) is 14.1. The van der Waals surface area contributed by atoms with Gasteiger partial charge in [0.15, 0.2) is 0 Å². The lowest BCUT2D eigenvalue weighted by Gasteiger charge is -2.02. The molecule has 0 aliphatic heterocycles. The van der Waals surface area contributed by atoms with Crippen molar-refractivity contribution in [2.75, 3.05) is 0 Å². The summed E-state index contributed by atoms with van der Waals surface area (Å²) in [6.45, 7) is 2.01. The van der Waals surface area contributed by atoms with E-state index in [4.69, 9.17) is 10.3 Å². The molecule has 0 fully saturated rings. The summed E-state index contributed by atoms with van der Waals surface area (Å²) >= 11 is 5.02. The summed E-state index contributed by atoms with van der Waals surface area (Å²) in [6.07, 6.45) is 0. The van der Waals surface area contributed by atoms with Crippen LogP contribution >= 0.6 is 27.3 Å². The first-order valence-electron chi connectivity index (χ1n) is 6.04. The third-order valence-electron chi connectivity index (χ3n) is 2.99. The van der Waals surface area contributed by atoms with Crippen LogP contribution in [0.3, 0.4) is 0 Å². The number of nitrogens with zero attached hydrogens (tertiary/aromatic N) is 2. The molecule has 0 aliphatic carbocycles. The van der Waals surface area contributed by atoms with Gasteiger partial charge in [0.2, 0.25) is 11.7 Å². The standard InChI is InChI=1S/C14H12BrN3OS/c1-8-7-9(15)4-5-10(8)13-17-14(19-18-13)12(16)11-3-2-6-20-11/h2-7,12H,16H2,1H3. The Morgan fingerprint density at radius 2 is 2.20 bits per heavy atom. The SMILES string of the molecule is Cc1cc(Br)ccc1-c1noc(C(N)c2cccs2)n1. The zero-order valence-electron chi connectivity index (χ0n) is 10.7. The molecule has 1 aromatic carbocycles. The van der Waals surface area contributed by atoms with E-state index in [9.17, 15) is 0 Å². The van der Waals surface area contributed by atoms with Gasteiger partial charge >= 0.3 is 0 Å². The number of rotatable bonds is 3. The maximum absolute atomic E-state index is 6.12. The van der Waals surface area contributed by atoms with Crippen LogP contribution in [0.1, 0.15) is 22.4 Å². The summed E-state index contributed by atoms with van der Waals surface area (Å²) in [5, 5.41) is 6.01. The van der Waals surface area contributed by atoms with Crippen LogP contribution in [-0.2, 0) is 0 Å². The minimum Gasteiger partial charge on any atom is -0.337 e. The molecule has 0 saturated carbocycles. The summed E-state index contributed by atoms with van der Waals surface area (Å²) in [4.78, 5) is 5.42. The number of aryl methyl sites for hydroxylation is 1. The summed E-state index contributed by atoms with van der Waals surface area (Å²) in [5.74, 6) is 1.00. The zero-order valence-corrected chi connectivity index (χ0v) is 13.1. The van der Waals surface area contributed by atoms with Crippen LogP contribution in [0.5, 0.6) is 0 Å². The molecule has 4 nitrogen and oxygen atoms in total. The van der Waals surface area contributed by atoms with Crippen molar-refractivity contribution in [1.82, 2.24) is 10.1 Å². The van der Waals surface area contributed by atoms with Crippen molar-refractivity contribution in [3.8, 4) is 11.4 Å². The van der Waals surface area contributed by atoms with Crippen molar-refractivity contribution in [1.29, 1.82) is 0 Å². The summed E-state index contributed by atoms with van der Waals surface area (Å²) in [6, 6.07) is 9.49. The monoisotopic (exact) mass is 349 g/mol. The maximum Gasteiger partial charge on any atom is 0.249 e. The number of thiophene rings is 1. The Labute approximate surface area is 128 Å². The molecule has 2 N–H and O–H groups in total. The van der Waals surface area contributed by atoms with Gasteiger partial charge in [0.05, 0.1) is 0 Å². The first-order chi connectivity index (χ1) is 9.65. The quantitative estimate of drug-likeness (QED) is 0.778. The number of hydrogen-bond acceptors (Lipinski definition) is 5. The fourth-order valence-electron chi connectivity index (χ4n) is 1.94. The fourth-order valence-corrected chi connectivity index (χ4v) is 3.13. The third kappa shape index (κ3) is 2.54. The molecule has 2 aromatic heterocycles. The average molecular weight is 350 g/mol. The molecular weight excluding hydrogens is 338 g/mol. The molecule has 0 radical (unpaired) electrons. The van der Waals surface area contributed by atoms with Gasteiger partial charge in [-0.1, -0.05) is 27.2 Å². The predicted octanol–water partition coefficient (Wildman–Crippen LogP) is 3.92. The van der Waals surface area contributed by atoms with Gasteiger partial charge in [0, 0.05) is 14.9 Å². The van der Waals surface area contributed by atoms with Gasteiger partial charge in [-0.15, -0.1) is 11.3 Å². The van der Waals surface area contributed by atoms with Crippen molar-refractivity contribution in [2.45, 2.75) is 13.0 Å². The predicted molar refractivity (Wildman–Crippen MR) is 82.5 cm³/mol. The van der Waals surface area contributed by atoms with Crippen LogP contribution < -0.4 is 5.73 Å². The highest BCUT2D eigenvalue weighted by Crippen LogP contribution is 2.27. The van der Waals surface area contributed by atoms with Gasteiger partial charge in [0.1, 0.15) is 6.04 Å². The molecule has 0 bridgehead atoms. The van der Waals surface area contributed by atoms with Crippen LogP contribution in [0.2, 0.25) is 0 Å². The van der Waals surface area contributed by atoms with E-state index in [-0.39, 0.29) is 6.04 Å². The largest absolute Gasteiger partial charge is 0.337 e. The fraction of sp³-hybridized carbons (Fsp3) is 0.143. The lowest BCUT2D eigenvalue weighted by atomic mass is 10.1. The molecule has 0 aliphatic rings. The second-order valence-electron chi connectivity index (χ2n) is 4.41. The second kappa shape index (κ2) is 5.47. The molecule has 2 heterocycles. The molecule has 0 spiro atoms. The lowest BCUT2D eigenvalue weighted by Crippen LogP contribution is -2.10. The van der Waals surface area contributed by atoms with Crippen molar-refractivity contribution in [3.63, 3.8) is 0 Å². The summed E-state index contributed by atoms with van der Waals surface area (Å²) in [5.41, 5.74) is 8.15. The molecule has 0 saturated heterocycles. The Hall–Kier alpha value is -1.50. The van der Waals surface area contributed by atoms with Crippen LogP contribution in [-0.4, -0.2) is 10.1 Å². The number of benzene rings is 1. The Bertz CT molecular complexity index is 724. The van der Waals surface area contributed by atoms with Crippen LogP contribution in [0, 0.1) is 6.92 Å². The van der Waals surface area contributed by atoms with E-state index in [2.05, 4.69) is 26.1 Å². The molecule has 102 valence electrons. The number of halogens is 1. The molecular formula is C14H12BrN3OS. The van der Waals surface area contributed by atoms with Crippen molar-refractivity contribution in [3.05, 3.63) is 56.5 Å². The number of nitrogens with two attached hydrogens (primary N) is 1. The Balaban J connectivity index is 1.94. The van der Waals surface area contributed by atoms with Crippen LogP contribution in [0.4, 0.5) is 0 Å². The van der Waals surface area contributed by atoms with Crippen molar-refractivity contribution < 1.29 is 4.52 Å². The Morgan fingerprint density at radius 3 is 2.90 bits per heavy atom. The summed E-state index contributed by atoms with van der Waals surface area (Å²) < 4.78 is 6.32. The lowest BCUT2D eigenvalue weighted by molar-refractivity contribution is 0.368. The average Bonchev–Trinajstić information content (AvgIpc) is 3.09. The van der Waals surface area contributed by atoms with Gasteiger partial charge in [0.25, 0.3) is 0 Å². The third-order valence-corrected chi connectivity index (χ3v) is 4.44. The highest BCUT2D eigenvalue weighted by molar-refractivity contribution is 9.10. The Kier molecular flexibility index (Phi) is 3.69. The topological polar surface area (TPSA) is 64.9 Å². The van der Waals surface area contributed by atoms with E-state index >= 15 is 0 Å². The smallest absolute Gasteiger partial charge is 0.249 e. The minimum absolute atomic E-state index is 0.369. The van der Waals surface area contributed by atoms with E-state index in [0.29, 0.717) is 11.7 Å². The number of hydrogen-bond donors (Lipinski definition) is 1. The van der Waals surface area contributed by atoms with Crippen molar-refractivity contribution in [2.24, 2.45) is 5.73 Å². The van der Waals surface area contributed by atoms with Crippen molar-refractivity contribution >= 4 is 27.3 Å². The van der Waals surface area contributed by atoms with E-state index in [1.54, 1.807) is 11.3 Å². The normalized spacial score (nSPS) is 12.6. The van der Waals surface area contributed by atoms with E-state index in [1.165, 1.54) is 0 Å². The van der Waals surface area contributed by atoms with Gasteiger partial charge < -0.3 is 10.3 Å². The maximum atomic E-state index is 6.12. The molecule has 3 aromatic rings. The first kappa shape index (κ1) is 13.5. The van der Waals surface area contributed by atoms with E-state index < -0.39 is 0 Å². The minimum atomic E-state index is -0.369. The molecule has 0 amide bonds. The van der Waals surface area contributed by atoms with Crippen LogP contribution in [0.25, 0.3) is 11.4 Å². The van der Waals surface area contributed by atoms with E-state index in [1.807, 2.05) is 42.6 Å². The van der Waals surface area contributed by atoms with E-state index in [0.717, 1.165) is 20.5 Å². The second-order valence-corrected chi connectivity index (χ2v) is 6.30. The Morgan fingerprint density at radius 1 is 1.35 bits per heavy atom. The summed E-state index contributed by atoms with van der Waals surface area (Å²) in [7, 11) is 0. The molecule has 20 heavy (non-hydrogen) atoms. The van der Waals surface area contributed by atoms with Crippen LogP contribution in [0.15, 0.2) is 44.7 Å². The first-order valence-corrected chi connectivity index (χ1v) is 7.71. The van der Waals surface area contributed by atoms with Gasteiger partial charge in [-0.2, -0.15) is 4.98 Å². The highest BCUT2D eigenvalue weighted by Gasteiger charge is 2.19. The highest BCUT2D eigenvalue weighted by atomic mass is 79.9. The van der Waals surface area contributed by atoms with Gasteiger partial charge in [-0.3, -0.25) is 0 Å². The molecule has 3 rings (SSSR count). The van der Waals surface area contributed by atoms with Gasteiger partial charge in [-0.05, 0) is 42.1 Å². The molecule has 1 unspecified atom stereocenters. The molecule has 6 heteroatoms.